The quantitative estimate of drug-likeness (QED) is 0.183. The normalized spacial score (nSPS) is 11.5. The smallest absolute Gasteiger partial charge is 0.0998 e. The van der Waals surface area contributed by atoms with E-state index in [9.17, 15) is 21.0 Å². The van der Waals surface area contributed by atoms with Crippen LogP contribution in [0, 0.1) is 45.3 Å². The molecule has 9 aromatic rings. The minimum absolute atomic E-state index is 0.415. The highest BCUT2D eigenvalue weighted by atomic mass is 14.4. The van der Waals surface area contributed by atoms with Gasteiger partial charge in [-0.3, -0.25) is 0 Å². The van der Waals surface area contributed by atoms with E-state index in [1.54, 1.807) is 24.3 Å². The van der Waals surface area contributed by atoms with Gasteiger partial charge >= 0.3 is 0 Å². The fraction of sp³-hybridized carbons (Fsp3) is 0. The van der Waals surface area contributed by atoms with E-state index in [1.165, 1.54) is 33.0 Å². The summed E-state index contributed by atoms with van der Waals surface area (Å²) >= 11 is 0. The molecule has 252 valence electrons. The molecule has 0 N–H and O–H groups in total. The lowest BCUT2D eigenvalue weighted by Crippen LogP contribution is -1.97. The third-order valence-corrected chi connectivity index (χ3v) is 11.7. The second kappa shape index (κ2) is 11.6. The van der Waals surface area contributed by atoms with Gasteiger partial charge in [0.2, 0.25) is 0 Å². The zero-order chi connectivity index (χ0) is 37.7. The summed E-state index contributed by atoms with van der Waals surface area (Å²) in [5, 5.41) is 47.1. The topological polar surface area (TPSA) is 95.2 Å². The lowest BCUT2D eigenvalue weighted by molar-refractivity contribution is 1.44. The molecule has 2 aliphatic rings. The first-order valence-corrected chi connectivity index (χ1v) is 18.3. The Morgan fingerprint density at radius 3 is 1.16 bits per heavy atom. The number of hydrogen-bond donors (Lipinski definition) is 0. The van der Waals surface area contributed by atoms with Crippen LogP contribution >= 0.6 is 0 Å². The molecule has 2 aliphatic carbocycles. The van der Waals surface area contributed by atoms with Crippen molar-refractivity contribution in [2.45, 2.75) is 0 Å². The Kier molecular flexibility index (Phi) is 6.48. The van der Waals surface area contributed by atoms with Crippen molar-refractivity contribution < 1.29 is 0 Å². The fourth-order valence-corrected chi connectivity index (χ4v) is 9.49. The predicted octanol–water partition coefficient (Wildman–Crippen LogP) is 12.9. The summed E-state index contributed by atoms with van der Waals surface area (Å²) in [6, 6.07) is 58.6. The van der Waals surface area contributed by atoms with Crippen LogP contribution in [0.1, 0.15) is 22.3 Å². The molecular weight excluding hydrogens is 681 g/mol. The summed E-state index contributed by atoms with van der Waals surface area (Å²) in [6.07, 6.45) is 0. The summed E-state index contributed by atoms with van der Waals surface area (Å²) < 4.78 is 0. The van der Waals surface area contributed by atoms with E-state index >= 15 is 0 Å². The molecule has 0 spiro atoms. The van der Waals surface area contributed by atoms with Gasteiger partial charge in [-0.2, -0.15) is 21.0 Å². The van der Waals surface area contributed by atoms with Crippen molar-refractivity contribution in [3.05, 3.63) is 168 Å². The number of fused-ring (bicyclic) bond motifs is 7. The number of nitriles is 4. The van der Waals surface area contributed by atoms with Crippen LogP contribution in [-0.2, 0) is 0 Å². The maximum Gasteiger partial charge on any atom is 0.0998 e. The Morgan fingerprint density at radius 2 is 0.643 bits per heavy atom. The van der Waals surface area contributed by atoms with Crippen LogP contribution in [0.4, 0.5) is 0 Å². The second-order valence-corrected chi connectivity index (χ2v) is 14.3. The average Bonchev–Trinajstić information content (AvgIpc) is 3.77. The molecule has 9 aromatic carbocycles. The summed E-state index contributed by atoms with van der Waals surface area (Å²) in [7, 11) is 0. The van der Waals surface area contributed by atoms with Gasteiger partial charge in [-0.05, 0) is 123 Å². The first-order chi connectivity index (χ1) is 27.6. The van der Waals surface area contributed by atoms with E-state index in [0.717, 1.165) is 77.2 Å². The van der Waals surface area contributed by atoms with E-state index in [0.29, 0.717) is 22.3 Å². The Morgan fingerprint density at radius 1 is 0.268 bits per heavy atom. The number of benzene rings is 9. The molecule has 0 radical (unpaired) electrons. The van der Waals surface area contributed by atoms with Gasteiger partial charge in [0.1, 0.15) is 0 Å². The molecular formula is C52H24N4. The largest absolute Gasteiger partial charge is 0.192 e. The number of nitrogens with zero attached hydrogens (tertiary/aromatic N) is 4. The monoisotopic (exact) mass is 704 g/mol. The van der Waals surface area contributed by atoms with Crippen molar-refractivity contribution in [2.24, 2.45) is 0 Å². The minimum Gasteiger partial charge on any atom is -0.192 e. The van der Waals surface area contributed by atoms with Gasteiger partial charge in [0, 0.05) is 11.1 Å². The van der Waals surface area contributed by atoms with E-state index in [4.69, 9.17) is 0 Å². The molecule has 4 heteroatoms. The maximum atomic E-state index is 10.5. The Bertz CT molecular complexity index is 3310. The fourth-order valence-electron chi connectivity index (χ4n) is 9.49. The third kappa shape index (κ3) is 4.08. The molecule has 0 amide bonds. The van der Waals surface area contributed by atoms with E-state index in [1.807, 2.05) is 24.3 Å². The minimum atomic E-state index is 0.415. The lowest BCUT2D eigenvalue weighted by Gasteiger charge is -2.21. The molecule has 0 unspecified atom stereocenters. The van der Waals surface area contributed by atoms with Crippen LogP contribution in [0.25, 0.3) is 110 Å². The van der Waals surface area contributed by atoms with Crippen LogP contribution in [0.15, 0.2) is 146 Å². The zero-order valence-corrected chi connectivity index (χ0v) is 29.6. The molecule has 0 aliphatic heterocycles. The standard InChI is InChI=1S/C52H24N4/c53-25-29-15-17-33(31(23-29)27-55)49-42-9-3-4-10-43(42)50(34-18-16-30(26-54)24-32(34)28-56)52-46-22-20-38(41-13-6-14-45(48(41)46)51(49)52)37-19-21-44-36-8-2-1-7-35(36)39-11-5-12-40(37)47(39)44/h1-24H. The molecule has 0 saturated carbocycles. The molecule has 0 atom stereocenters. The molecule has 0 aromatic heterocycles. The van der Waals surface area contributed by atoms with Gasteiger partial charge in [0.05, 0.1) is 46.5 Å². The summed E-state index contributed by atoms with van der Waals surface area (Å²) in [6.45, 7) is 0. The summed E-state index contributed by atoms with van der Waals surface area (Å²) in [5.41, 5.74) is 16.3. The van der Waals surface area contributed by atoms with Crippen LogP contribution in [0.5, 0.6) is 0 Å². The summed E-state index contributed by atoms with van der Waals surface area (Å²) in [5.74, 6) is 0. The van der Waals surface area contributed by atoms with Crippen molar-refractivity contribution in [3.8, 4) is 102 Å². The van der Waals surface area contributed by atoms with Gasteiger partial charge in [-0.1, -0.05) is 121 Å². The van der Waals surface area contributed by atoms with Gasteiger partial charge in [-0.15, -0.1) is 0 Å². The SMILES string of the molecule is N#Cc1ccc(-c2c3c(c(-c4ccc(C#N)cc4C#N)c4ccccc24)-c2ccc(-c4ccc5c6c(cccc46)-c4ccccc4-5)c4cccc-3c24)c(C#N)c1. The lowest BCUT2D eigenvalue weighted by atomic mass is 9.80. The van der Waals surface area contributed by atoms with Crippen molar-refractivity contribution in [3.63, 3.8) is 0 Å². The number of hydrogen-bond acceptors (Lipinski definition) is 4. The van der Waals surface area contributed by atoms with Crippen LogP contribution in [0.3, 0.4) is 0 Å². The zero-order valence-electron chi connectivity index (χ0n) is 29.6. The van der Waals surface area contributed by atoms with E-state index < -0.39 is 0 Å². The Balaban J connectivity index is 1.28. The van der Waals surface area contributed by atoms with Gasteiger partial charge < -0.3 is 0 Å². The molecule has 0 heterocycles. The Hall–Kier alpha value is -8.28. The highest BCUT2D eigenvalue weighted by Gasteiger charge is 2.33. The maximum absolute atomic E-state index is 10.5. The highest BCUT2D eigenvalue weighted by molar-refractivity contribution is 6.30. The Labute approximate surface area is 322 Å². The highest BCUT2D eigenvalue weighted by Crippen LogP contribution is 2.59. The van der Waals surface area contributed by atoms with Crippen molar-refractivity contribution in [1.29, 1.82) is 21.0 Å². The van der Waals surface area contributed by atoms with Gasteiger partial charge in [-0.25, -0.2) is 0 Å². The molecule has 4 nitrogen and oxygen atoms in total. The third-order valence-electron chi connectivity index (χ3n) is 11.7. The van der Waals surface area contributed by atoms with Crippen LogP contribution < -0.4 is 0 Å². The van der Waals surface area contributed by atoms with Crippen molar-refractivity contribution >= 4 is 32.3 Å². The van der Waals surface area contributed by atoms with Crippen molar-refractivity contribution in [1.82, 2.24) is 0 Å². The first-order valence-electron chi connectivity index (χ1n) is 18.3. The first kappa shape index (κ1) is 31.3. The van der Waals surface area contributed by atoms with E-state index in [-0.39, 0.29) is 0 Å². The molecule has 0 bridgehead atoms. The van der Waals surface area contributed by atoms with Crippen LogP contribution in [-0.4, -0.2) is 0 Å². The van der Waals surface area contributed by atoms with Gasteiger partial charge in [0.25, 0.3) is 0 Å². The van der Waals surface area contributed by atoms with Crippen molar-refractivity contribution in [2.75, 3.05) is 0 Å². The predicted molar refractivity (Wildman–Crippen MR) is 223 cm³/mol. The number of rotatable bonds is 3. The second-order valence-electron chi connectivity index (χ2n) is 14.3. The van der Waals surface area contributed by atoms with E-state index in [2.05, 4.69) is 121 Å². The molecule has 11 rings (SSSR count). The van der Waals surface area contributed by atoms with Gasteiger partial charge in [0.15, 0.2) is 0 Å². The molecule has 0 fully saturated rings. The van der Waals surface area contributed by atoms with Crippen LogP contribution in [0.2, 0.25) is 0 Å². The molecule has 56 heavy (non-hydrogen) atoms. The molecule has 0 saturated heterocycles. The average molecular weight is 705 g/mol. The summed E-state index contributed by atoms with van der Waals surface area (Å²) in [4.78, 5) is 0.